The van der Waals surface area contributed by atoms with Crippen molar-refractivity contribution in [3.8, 4) is 0 Å². The Bertz CT molecular complexity index is 263. The van der Waals surface area contributed by atoms with Gasteiger partial charge in [-0.3, -0.25) is 0 Å². The summed E-state index contributed by atoms with van der Waals surface area (Å²) in [6.45, 7) is 2.24. The van der Waals surface area contributed by atoms with Gasteiger partial charge < -0.3 is 5.73 Å². The first-order valence-electron chi connectivity index (χ1n) is 5.28. The van der Waals surface area contributed by atoms with Gasteiger partial charge in [-0.05, 0) is 53.1 Å². The van der Waals surface area contributed by atoms with Crippen LogP contribution >= 0.6 is 22.6 Å². The van der Waals surface area contributed by atoms with Crippen molar-refractivity contribution in [3.05, 3.63) is 27.3 Å². The van der Waals surface area contributed by atoms with Gasteiger partial charge >= 0.3 is 0 Å². The molecule has 2 heteroatoms. The van der Waals surface area contributed by atoms with Crippen LogP contribution in [0.5, 0.6) is 0 Å². The fourth-order valence-electron chi connectivity index (χ4n) is 1.57. The predicted molar refractivity (Wildman–Crippen MR) is 71.4 cm³/mol. The first-order valence-corrected chi connectivity index (χ1v) is 6.36. The van der Waals surface area contributed by atoms with Crippen molar-refractivity contribution in [2.24, 2.45) is 0 Å². The monoisotopic (exact) mass is 303 g/mol. The molecule has 0 aliphatic rings. The number of nitrogen functional groups attached to an aromatic ring is 1. The van der Waals surface area contributed by atoms with Crippen molar-refractivity contribution < 1.29 is 0 Å². The third kappa shape index (κ3) is 3.48. The van der Waals surface area contributed by atoms with Crippen LogP contribution in [0.1, 0.15) is 38.2 Å². The molecule has 0 radical (unpaired) electrons. The molecule has 0 amide bonds. The molecule has 1 aromatic carbocycles. The highest BCUT2D eigenvalue weighted by Crippen LogP contribution is 2.21. The second-order valence-corrected chi connectivity index (χ2v) is 4.78. The van der Waals surface area contributed by atoms with Gasteiger partial charge in [0.05, 0.1) is 0 Å². The first kappa shape index (κ1) is 11.8. The van der Waals surface area contributed by atoms with E-state index in [-0.39, 0.29) is 0 Å². The maximum atomic E-state index is 5.93. The molecule has 1 nitrogen and oxygen atoms in total. The largest absolute Gasteiger partial charge is 0.398 e. The van der Waals surface area contributed by atoms with E-state index in [2.05, 4.69) is 35.6 Å². The van der Waals surface area contributed by atoms with Gasteiger partial charge in [0.25, 0.3) is 0 Å². The average molecular weight is 303 g/mol. The molecule has 0 aromatic heterocycles. The zero-order valence-corrected chi connectivity index (χ0v) is 10.9. The van der Waals surface area contributed by atoms with Crippen molar-refractivity contribution in [2.45, 2.75) is 39.0 Å². The van der Waals surface area contributed by atoms with Crippen LogP contribution in [0.25, 0.3) is 0 Å². The Kier molecular flexibility index (Phi) is 5.30. The van der Waals surface area contributed by atoms with E-state index in [9.17, 15) is 0 Å². The molecular weight excluding hydrogens is 285 g/mol. The van der Waals surface area contributed by atoms with Crippen LogP contribution in [0, 0.1) is 3.57 Å². The fourth-order valence-corrected chi connectivity index (χ4v) is 2.36. The van der Waals surface area contributed by atoms with E-state index in [0.717, 1.165) is 12.1 Å². The summed E-state index contributed by atoms with van der Waals surface area (Å²) in [5.41, 5.74) is 8.22. The highest BCUT2D eigenvalue weighted by atomic mass is 127. The lowest BCUT2D eigenvalue weighted by Crippen LogP contribution is -1.97. The molecule has 0 heterocycles. The Hall–Kier alpha value is -0.250. The predicted octanol–water partition coefficient (Wildman–Crippen LogP) is 4.00. The highest BCUT2D eigenvalue weighted by molar-refractivity contribution is 14.1. The second-order valence-electron chi connectivity index (χ2n) is 3.62. The highest BCUT2D eigenvalue weighted by Gasteiger charge is 2.02. The number of benzene rings is 1. The van der Waals surface area contributed by atoms with Gasteiger partial charge in [0.2, 0.25) is 0 Å². The molecular formula is C12H18IN. The number of anilines is 1. The SMILES string of the molecule is CCCCCCc1c(N)cccc1I. The lowest BCUT2D eigenvalue weighted by atomic mass is 10.0. The zero-order valence-electron chi connectivity index (χ0n) is 8.72. The number of unbranched alkanes of at least 4 members (excludes halogenated alkanes) is 3. The molecule has 0 atom stereocenters. The summed E-state index contributed by atoms with van der Waals surface area (Å²) in [6, 6.07) is 6.15. The number of hydrogen-bond donors (Lipinski definition) is 1. The molecule has 0 unspecified atom stereocenters. The van der Waals surface area contributed by atoms with Crippen LogP contribution in [-0.4, -0.2) is 0 Å². The van der Waals surface area contributed by atoms with E-state index in [0.29, 0.717) is 0 Å². The van der Waals surface area contributed by atoms with Gasteiger partial charge in [-0.2, -0.15) is 0 Å². The Balaban J connectivity index is 2.49. The van der Waals surface area contributed by atoms with E-state index in [1.54, 1.807) is 0 Å². The van der Waals surface area contributed by atoms with Crippen molar-refractivity contribution in [1.29, 1.82) is 0 Å². The third-order valence-corrected chi connectivity index (χ3v) is 3.45. The van der Waals surface area contributed by atoms with Crippen molar-refractivity contribution in [3.63, 3.8) is 0 Å². The van der Waals surface area contributed by atoms with E-state index in [1.165, 1.54) is 34.8 Å². The average Bonchev–Trinajstić information content (AvgIpc) is 2.16. The third-order valence-electron chi connectivity index (χ3n) is 2.44. The van der Waals surface area contributed by atoms with E-state index < -0.39 is 0 Å². The quantitative estimate of drug-likeness (QED) is 0.497. The van der Waals surface area contributed by atoms with E-state index in [4.69, 9.17) is 5.73 Å². The van der Waals surface area contributed by atoms with Gasteiger partial charge in [-0.1, -0.05) is 32.3 Å². The van der Waals surface area contributed by atoms with Crippen molar-refractivity contribution in [1.82, 2.24) is 0 Å². The van der Waals surface area contributed by atoms with Crippen molar-refractivity contribution >= 4 is 28.3 Å². The molecule has 0 saturated carbocycles. The van der Waals surface area contributed by atoms with Crippen LogP contribution in [0.2, 0.25) is 0 Å². The molecule has 0 aliphatic carbocycles. The summed E-state index contributed by atoms with van der Waals surface area (Å²) in [5, 5.41) is 0. The van der Waals surface area contributed by atoms with E-state index >= 15 is 0 Å². The Morgan fingerprint density at radius 3 is 2.64 bits per heavy atom. The number of halogens is 1. The maximum Gasteiger partial charge on any atom is 0.0357 e. The molecule has 1 rings (SSSR count). The van der Waals surface area contributed by atoms with E-state index in [1.807, 2.05) is 12.1 Å². The number of rotatable bonds is 5. The lowest BCUT2D eigenvalue weighted by Gasteiger charge is -2.07. The number of hydrogen-bond acceptors (Lipinski definition) is 1. The Morgan fingerprint density at radius 2 is 2.00 bits per heavy atom. The summed E-state index contributed by atoms with van der Waals surface area (Å²) in [6.07, 6.45) is 6.34. The molecule has 0 bridgehead atoms. The maximum absolute atomic E-state index is 5.93. The minimum Gasteiger partial charge on any atom is -0.398 e. The summed E-state index contributed by atoms with van der Waals surface area (Å²) >= 11 is 2.37. The Labute approximate surface area is 100 Å². The first-order chi connectivity index (χ1) is 6.75. The summed E-state index contributed by atoms with van der Waals surface area (Å²) in [7, 11) is 0. The summed E-state index contributed by atoms with van der Waals surface area (Å²) < 4.78 is 1.30. The van der Waals surface area contributed by atoms with Crippen LogP contribution in [0.3, 0.4) is 0 Å². The van der Waals surface area contributed by atoms with Gasteiger partial charge in [0.1, 0.15) is 0 Å². The molecule has 14 heavy (non-hydrogen) atoms. The lowest BCUT2D eigenvalue weighted by molar-refractivity contribution is 0.666. The molecule has 78 valence electrons. The molecule has 2 N–H and O–H groups in total. The van der Waals surface area contributed by atoms with Crippen LogP contribution < -0.4 is 5.73 Å². The molecule has 0 fully saturated rings. The van der Waals surface area contributed by atoms with Crippen molar-refractivity contribution in [2.75, 3.05) is 5.73 Å². The summed E-state index contributed by atoms with van der Waals surface area (Å²) in [5.74, 6) is 0. The fraction of sp³-hybridized carbons (Fsp3) is 0.500. The smallest absolute Gasteiger partial charge is 0.0357 e. The minimum atomic E-state index is 0.952. The van der Waals surface area contributed by atoms with Gasteiger partial charge in [0.15, 0.2) is 0 Å². The molecule has 0 saturated heterocycles. The normalized spacial score (nSPS) is 10.4. The Morgan fingerprint density at radius 1 is 1.21 bits per heavy atom. The minimum absolute atomic E-state index is 0.952. The standard InChI is InChI=1S/C12H18IN/c1-2-3-4-5-7-10-11(13)8-6-9-12(10)14/h6,8-9H,2-5,7,14H2,1H3. The summed E-state index contributed by atoms with van der Waals surface area (Å²) in [4.78, 5) is 0. The second kappa shape index (κ2) is 6.27. The van der Waals surface area contributed by atoms with Crippen LogP contribution in [0.4, 0.5) is 5.69 Å². The molecule has 0 aliphatic heterocycles. The number of nitrogens with two attached hydrogens (primary N) is 1. The van der Waals surface area contributed by atoms with Gasteiger partial charge in [-0.25, -0.2) is 0 Å². The molecule has 0 spiro atoms. The molecule has 1 aromatic rings. The van der Waals surface area contributed by atoms with Crippen LogP contribution in [-0.2, 0) is 6.42 Å². The van der Waals surface area contributed by atoms with Crippen LogP contribution in [0.15, 0.2) is 18.2 Å². The topological polar surface area (TPSA) is 26.0 Å². The van der Waals surface area contributed by atoms with Gasteiger partial charge in [-0.15, -0.1) is 0 Å². The van der Waals surface area contributed by atoms with Gasteiger partial charge in [0, 0.05) is 9.26 Å². The zero-order chi connectivity index (χ0) is 10.4.